The molecule has 0 saturated carbocycles. The van der Waals surface area contributed by atoms with Crippen LogP contribution in [0.25, 0.3) is 11.1 Å². The minimum atomic E-state index is 0.363. The van der Waals surface area contributed by atoms with Crippen molar-refractivity contribution in [3.8, 4) is 11.1 Å². The van der Waals surface area contributed by atoms with Gasteiger partial charge in [-0.3, -0.25) is 9.80 Å². The van der Waals surface area contributed by atoms with Crippen LogP contribution in [-0.4, -0.2) is 53.7 Å². The van der Waals surface area contributed by atoms with Crippen molar-refractivity contribution in [2.45, 2.75) is 45.2 Å². The van der Waals surface area contributed by atoms with Gasteiger partial charge >= 0.3 is 0 Å². The van der Waals surface area contributed by atoms with Gasteiger partial charge in [0.2, 0.25) is 0 Å². The van der Waals surface area contributed by atoms with Crippen molar-refractivity contribution in [3.63, 3.8) is 0 Å². The molecule has 0 aromatic heterocycles. The highest BCUT2D eigenvalue weighted by molar-refractivity contribution is 5.67. The summed E-state index contributed by atoms with van der Waals surface area (Å²) in [6.45, 7) is 8.30. The Bertz CT molecular complexity index is 767. The van der Waals surface area contributed by atoms with Crippen LogP contribution < -0.4 is 0 Å². The Hall–Kier alpha value is -1.68. The first-order chi connectivity index (χ1) is 13.7. The lowest BCUT2D eigenvalue weighted by Gasteiger charge is -2.42. The van der Waals surface area contributed by atoms with Gasteiger partial charge in [0.15, 0.2) is 0 Å². The van der Waals surface area contributed by atoms with Crippen LogP contribution in [0.4, 0.5) is 0 Å². The summed E-state index contributed by atoms with van der Waals surface area (Å²) in [5.74, 6) is 0.528. The number of aryl methyl sites for hydroxylation is 1. The van der Waals surface area contributed by atoms with E-state index in [9.17, 15) is 5.11 Å². The fourth-order valence-electron chi connectivity index (χ4n) is 4.97. The van der Waals surface area contributed by atoms with Crippen molar-refractivity contribution in [2.24, 2.45) is 5.92 Å². The van der Waals surface area contributed by atoms with Gasteiger partial charge in [-0.25, -0.2) is 0 Å². The third-order valence-electron chi connectivity index (χ3n) is 6.69. The van der Waals surface area contributed by atoms with E-state index in [1.165, 1.54) is 48.2 Å². The van der Waals surface area contributed by atoms with Crippen molar-refractivity contribution in [1.29, 1.82) is 0 Å². The lowest BCUT2D eigenvalue weighted by atomic mass is 9.94. The summed E-state index contributed by atoms with van der Waals surface area (Å²) in [4.78, 5) is 5.32. The number of aliphatic hydroxyl groups is 1. The molecule has 0 radical (unpaired) electrons. The van der Waals surface area contributed by atoms with Gasteiger partial charge in [-0.15, -0.1) is 0 Å². The molecule has 0 aliphatic carbocycles. The predicted octanol–water partition coefficient (Wildman–Crippen LogP) is 4.33. The summed E-state index contributed by atoms with van der Waals surface area (Å²) in [7, 11) is 0. The predicted molar refractivity (Wildman–Crippen MR) is 116 cm³/mol. The molecule has 150 valence electrons. The first-order valence-electron chi connectivity index (χ1n) is 10.9. The number of hydrogen-bond donors (Lipinski definition) is 1. The van der Waals surface area contributed by atoms with E-state index in [2.05, 4.69) is 65.3 Å². The molecule has 1 unspecified atom stereocenters. The number of aliphatic hydroxyl groups excluding tert-OH is 1. The molecule has 2 saturated heterocycles. The first-order valence-corrected chi connectivity index (χ1v) is 10.9. The molecule has 2 aromatic carbocycles. The molecule has 4 rings (SSSR count). The second-order valence-corrected chi connectivity index (χ2v) is 8.71. The average molecular weight is 379 g/mol. The number of nitrogens with zero attached hydrogens (tertiary/aromatic N) is 2. The molecule has 0 spiro atoms. The van der Waals surface area contributed by atoms with Crippen LogP contribution in [0.2, 0.25) is 0 Å². The molecule has 2 heterocycles. The normalized spacial score (nSPS) is 22.4. The van der Waals surface area contributed by atoms with E-state index in [0.29, 0.717) is 18.6 Å². The maximum atomic E-state index is 9.39. The third-order valence-corrected chi connectivity index (χ3v) is 6.69. The van der Waals surface area contributed by atoms with Crippen LogP contribution in [-0.2, 0) is 6.54 Å². The second-order valence-electron chi connectivity index (χ2n) is 8.71. The van der Waals surface area contributed by atoms with Gasteiger partial charge in [0, 0.05) is 25.7 Å². The minimum Gasteiger partial charge on any atom is -0.396 e. The third kappa shape index (κ3) is 4.65. The van der Waals surface area contributed by atoms with Gasteiger partial charge in [0.25, 0.3) is 0 Å². The molecule has 1 N–H and O–H groups in total. The Kier molecular flexibility index (Phi) is 6.46. The van der Waals surface area contributed by atoms with E-state index in [-0.39, 0.29) is 0 Å². The first kappa shape index (κ1) is 19.6. The topological polar surface area (TPSA) is 26.7 Å². The van der Waals surface area contributed by atoms with Crippen LogP contribution in [0, 0.1) is 12.8 Å². The van der Waals surface area contributed by atoms with Gasteiger partial charge in [-0.05, 0) is 86.5 Å². The Labute approximate surface area is 170 Å². The monoisotopic (exact) mass is 378 g/mol. The van der Waals surface area contributed by atoms with Gasteiger partial charge in [-0.2, -0.15) is 0 Å². The maximum Gasteiger partial charge on any atom is 0.0460 e. The van der Waals surface area contributed by atoms with Crippen LogP contribution in [0.3, 0.4) is 0 Å². The Morgan fingerprint density at radius 3 is 2.57 bits per heavy atom. The van der Waals surface area contributed by atoms with Crippen LogP contribution in [0.1, 0.15) is 36.8 Å². The number of likely N-dealkylation sites (tertiary alicyclic amines) is 2. The highest BCUT2D eigenvalue weighted by atomic mass is 16.3. The van der Waals surface area contributed by atoms with Crippen LogP contribution >= 0.6 is 0 Å². The minimum absolute atomic E-state index is 0.363. The summed E-state index contributed by atoms with van der Waals surface area (Å²) in [5, 5.41) is 9.39. The zero-order chi connectivity index (χ0) is 19.3. The van der Waals surface area contributed by atoms with E-state index in [1.54, 1.807) is 0 Å². The largest absolute Gasteiger partial charge is 0.396 e. The highest BCUT2D eigenvalue weighted by Gasteiger charge is 2.28. The van der Waals surface area contributed by atoms with Gasteiger partial charge in [0.05, 0.1) is 0 Å². The van der Waals surface area contributed by atoms with E-state index >= 15 is 0 Å². The number of rotatable bonds is 5. The van der Waals surface area contributed by atoms with Gasteiger partial charge in [-0.1, -0.05) is 42.5 Å². The number of piperidine rings is 2. The average Bonchev–Trinajstić information content (AvgIpc) is 2.74. The fraction of sp³-hybridized carbons (Fsp3) is 0.520. The van der Waals surface area contributed by atoms with Crippen molar-refractivity contribution >= 4 is 0 Å². The molecule has 1 atom stereocenters. The molecule has 2 aromatic rings. The molecule has 0 bridgehead atoms. The van der Waals surface area contributed by atoms with Gasteiger partial charge < -0.3 is 5.11 Å². The second kappa shape index (κ2) is 9.21. The zero-order valence-corrected chi connectivity index (χ0v) is 17.2. The Balaban J connectivity index is 1.39. The lowest BCUT2D eigenvalue weighted by Crippen LogP contribution is -2.50. The molecular formula is C25H34N2O. The van der Waals surface area contributed by atoms with Crippen molar-refractivity contribution in [3.05, 3.63) is 59.7 Å². The number of hydrogen-bond acceptors (Lipinski definition) is 3. The maximum absolute atomic E-state index is 9.39. The van der Waals surface area contributed by atoms with Crippen LogP contribution in [0.5, 0.6) is 0 Å². The van der Waals surface area contributed by atoms with E-state index in [4.69, 9.17) is 0 Å². The summed E-state index contributed by atoms with van der Waals surface area (Å²) < 4.78 is 0. The van der Waals surface area contributed by atoms with E-state index < -0.39 is 0 Å². The summed E-state index contributed by atoms with van der Waals surface area (Å²) in [6, 6.07) is 18.4. The standard InChI is InChI=1S/C25H34N2O/c1-20-6-2-3-10-25(20)23-8-4-7-22(16-23)17-26-13-5-9-24(18-26)27-14-11-21(19-28)12-15-27/h2-4,6-8,10,16,21,24,28H,5,9,11-15,17-19H2,1H3. The van der Waals surface area contributed by atoms with E-state index in [1.807, 2.05) is 0 Å². The van der Waals surface area contributed by atoms with Crippen molar-refractivity contribution in [1.82, 2.24) is 9.80 Å². The summed E-state index contributed by atoms with van der Waals surface area (Å²) in [5.41, 5.74) is 5.42. The van der Waals surface area contributed by atoms with Crippen LogP contribution in [0.15, 0.2) is 48.5 Å². The molecule has 0 amide bonds. The summed E-state index contributed by atoms with van der Waals surface area (Å²) in [6.07, 6.45) is 4.93. The SMILES string of the molecule is Cc1ccccc1-c1cccc(CN2CCCC(N3CCC(CO)CC3)C2)c1. The van der Waals surface area contributed by atoms with Gasteiger partial charge in [0.1, 0.15) is 0 Å². The summed E-state index contributed by atoms with van der Waals surface area (Å²) >= 11 is 0. The molecule has 3 nitrogen and oxygen atoms in total. The lowest BCUT2D eigenvalue weighted by molar-refractivity contribution is 0.0544. The molecular weight excluding hydrogens is 344 g/mol. The van der Waals surface area contributed by atoms with Crippen molar-refractivity contribution < 1.29 is 5.11 Å². The molecule has 2 aliphatic rings. The highest BCUT2D eigenvalue weighted by Crippen LogP contribution is 2.26. The molecule has 28 heavy (non-hydrogen) atoms. The zero-order valence-electron chi connectivity index (χ0n) is 17.2. The fourth-order valence-corrected chi connectivity index (χ4v) is 4.97. The Morgan fingerprint density at radius 1 is 0.964 bits per heavy atom. The smallest absolute Gasteiger partial charge is 0.0460 e. The molecule has 3 heteroatoms. The Morgan fingerprint density at radius 2 is 1.79 bits per heavy atom. The number of benzene rings is 2. The van der Waals surface area contributed by atoms with E-state index in [0.717, 1.165) is 32.5 Å². The van der Waals surface area contributed by atoms with Crippen molar-refractivity contribution in [2.75, 3.05) is 32.8 Å². The quantitative estimate of drug-likeness (QED) is 0.839. The molecule has 2 fully saturated rings. The molecule has 2 aliphatic heterocycles.